The van der Waals surface area contributed by atoms with Gasteiger partial charge in [-0.05, 0) is 5.57 Å². The van der Waals surface area contributed by atoms with Gasteiger partial charge in [-0.15, -0.1) is 0 Å². The lowest BCUT2D eigenvalue weighted by atomic mass is 10.3. The minimum atomic E-state index is 0.533. The highest BCUT2D eigenvalue weighted by Gasteiger charge is 1.95. The molecule has 0 aromatic carbocycles. The molecular formula is C11H14N4. The van der Waals surface area contributed by atoms with Gasteiger partial charge in [-0.2, -0.15) is 5.10 Å². The summed E-state index contributed by atoms with van der Waals surface area (Å²) in [7, 11) is 1.84. The van der Waals surface area contributed by atoms with E-state index in [1.807, 2.05) is 13.2 Å². The molecule has 0 aliphatic rings. The van der Waals surface area contributed by atoms with Gasteiger partial charge in [0, 0.05) is 19.5 Å². The molecule has 0 amide bonds. The number of aromatic nitrogens is 2. The lowest BCUT2D eigenvalue weighted by Gasteiger charge is -2.00. The van der Waals surface area contributed by atoms with E-state index in [0.717, 1.165) is 11.3 Å². The largest absolute Gasteiger partial charge is 0.338 e. The fourth-order valence-corrected chi connectivity index (χ4v) is 0.898. The molecule has 4 heteroatoms. The van der Waals surface area contributed by atoms with E-state index < -0.39 is 0 Å². The third kappa shape index (κ3) is 3.64. The van der Waals surface area contributed by atoms with Gasteiger partial charge in [0.2, 0.25) is 0 Å². The number of aliphatic imine (C=N–C) groups is 1. The van der Waals surface area contributed by atoms with Crippen molar-refractivity contribution in [2.24, 2.45) is 12.0 Å². The minimum Gasteiger partial charge on any atom is -0.338 e. The van der Waals surface area contributed by atoms with Crippen LogP contribution in [0.3, 0.4) is 0 Å². The van der Waals surface area contributed by atoms with Crippen molar-refractivity contribution >= 4 is 11.9 Å². The molecule has 1 aromatic heterocycles. The van der Waals surface area contributed by atoms with Crippen molar-refractivity contribution in [2.45, 2.75) is 0 Å². The third-order valence-electron chi connectivity index (χ3n) is 1.64. The average molecular weight is 202 g/mol. The summed E-state index contributed by atoms with van der Waals surface area (Å²) >= 11 is 0. The quantitative estimate of drug-likeness (QED) is 0.587. The molecule has 1 N–H and O–H groups in total. The number of rotatable bonds is 5. The second-order valence-electron chi connectivity index (χ2n) is 3.01. The fraction of sp³-hybridized carbons (Fsp3) is 0.0909. The van der Waals surface area contributed by atoms with Crippen LogP contribution in [-0.2, 0) is 7.05 Å². The molecule has 0 aliphatic heterocycles. The number of allylic oxidation sites excluding steroid dienone is 2. The maximum atomic E-state index is 4.06. The standard InChI is InChI=1S/C11H14N4/c1-5-9(2)6-12-10(3)14-11-7-13-15(4)8-11/h5-8,14H,1-3H2,4H3/b12-6-. The zero-order valence-corrected chi connectivity index (χ0v) is 8.77. The van der Waals surface area contributed by atoms with Gasteiger partial charge in [0.05, 0.1) is 11.9 Å². The van der Waals surface area contributed by atoms with E-state index >= 15 is 0 Å². The molecular weight excluding hydrogens is 188 g/mol. The molecule has 4 nitrogen and oxygen atoms in total. The number of nitrogens with zero attached hydrogens (tertiary/aromatic N) is 3. The second kappa shape index (κ2) is 4.95. The first-order chi connectivity index (χ1) is 7.11. The Labute approximate surface area is 89.3 Å². The summed E-state index contributed by atoms with van der Waals surface area (Å²) in [6, 6.07) is 0. The maximum Gasteiger partial charge on any atom is 0.123 e. The van der Waals surface area contributed by atoms with Crippen LogP contribution < -0.4 is 5.32 Å². The Balaban J connectivity index is 2.53. The Morgan fingerprint density at radius 2 is 2.33 bits per heavy atom. The molecule has 0 spiro atoms. The maximum absolute atomic E-state index is 4.06. The summed E-state index contributed by atoms with van der Waals surface area (Å²) in [6.45, 7) is 11.0. The van der Waals surface area contributed by atoms with E-state index in [-0.39, 0.29) is 0 Å². The van der Waals surface area contributed by atoms with Gasteiger partial charge >= 0.3 is 0 Å². The Kier molecular flexibility index (Phi) is 3.62. The molecule has 0 fully saturated rings. The van der Waals surface area contributed by atoms with Gasteiger partial charge in [0.1, 0.15) is 5.82 Å². The molecule has 0 saturated heterocycles. The first kappa shape index (κ1) is 11.0. The number of hydrogen-bond acceptors (Lipinski definition) is 3. The van der Waals surface area contributed by atoms with Gasteiger partial charge in [0.25, 0.3) is 0 Å². The highest BCUT2D eigenvalue weighted by Crippen LogP contribution is 2.07. The summed E-state index contributed by atoms with van der Waals surface area (Å²) in [6.07, 6.45) is 6.76. The SMILES string of the molecule is C=CC(=C)/C=N\C(=C)Nc1cnn(C)c1. The number of hydrogen-bond donors (Lipinski definition) is 1. The predicted octanol–water partition coefficient (Wildman–Crippen LogP) is 2.12. The van der Waals surface area contributed by atoms with Crippen LogP contribution in [0.4, 0.5) is 5.69 Å². The third-order valence-corrected chi connectivity index (χ3v) is 1.64. The molecule has 1 rings (SSSR count). The van der Waals surface area contributed by atoms with Crippen LogP contribution in [0.15, 0.2) is 54.6 Å². The van der Waals surface area contributed by atoms with E-state index in [4.69, 9.17) is 0 Å². The molecule has 78 valence electrons. The Bertz CT molecular complexity index is 412. The van der Waals surface area contributed by atoms with Gasteiger partial charge in [-0.1, -0.05) is 25.8 Å². The first-order valence-corrected chi connectivity index (χ1v) is 4.42. The van der Waals surface area contributed by atoms with Crippen molar-refractivity contribution in [3.05, 3.63) is 49.6 Å². The highest BCUT2D eigenvalue weighted by atomic mass is 15.3. The molecule has 0 aliphatic carbocycles. The van der Waals surface area contributed by atoms with Crippen molar-refractivity contribution < 1.29 is 0 Å². The van der Waals surface area contributed by atoms with E-state index in [2.05, 4.69) is 35.1 Å². The normalized spacial score (nSPS) is 10.2. The van der Waals surface area contributed by atoms with Gasteiger partial charge < -0.3 is 5.32 Å². The van der Waals surface area contributed by atoms with Gasteiger partial charge in [0.15, 0.2) is 0 Å². The van der Waals surface area contributed by atoms with E-state index in [1.165, 1.54) is 0 Å². The van der Waals surface area contributed by atoms with Crippen LogP contribution in [0.5, 0.6) is 0 Å². The molecule has 0 radical (unpaired) electrons. The summed E-state index contributed by atoms with van der Waals surface area (Å²) in [5, 5.41) is 7.00. The second-order valence-corrected chi connectivity index (χ2v) is 3.01. The monoisotopic (exact) mass is 202 g/mol. The lowest BCUT2D eigenvalue weighted by Crippen LogP contribution is -1.94. The van der Waals surface area contributed by atoms with E-state index in [9.17, 15) is 0 Å². The van der Waals surface area contributed by atoms with Crippen molar-refractivity contribution in [1.29, 1.82) is 0 Å². The highest BCUT2D eigenvalue weighted by molar-refractivity contribution is 5.82. The molecule has 15 heavy (non-hydrogen) atoms. The lowest BCUT2D eigenvalue weighted by molar-refractivity contribution is 0.768. The predicted molar refractivity (Wildman–Crippen MR) is 63.8 cm³/mol. The summed E-state index contributed by atoms with van der Waals surface area (Å²) in [4.78, 5) is 4.06. The zero-order chi connectivity index (χ0) is 11.3. The molecule has 0 unspecified atom stereocenters. The number of nitrogens with one attached hydrogen (secondary N) is 1. The van der Waals surface area contributed by atoms with Crippen LogP contribution in [0.25, 0.3) is 0 Å². The first-order valence-electron chi connectivity index (χ1n) is 4.42. The Hall–Kier alpha value is -2.10. The molecule has 1 heterocycles. The summed E-state index contributed by atoms with van der Waals surface area (Å²) in [5.74, 6) is 0.533. The van der Waals surface area contributed by atoms with Crippen LogP contribution in [0.2, 0.25) is 0 Å². The van der Waals surface area contributed by atoms with Crippen LogP contribution >= 0.6 is 0 Å². The summed E-state index contributed by atoms with van der Waals surface area (Å²) in [5.41, 5.74) is 1.59. The molecule has 0 bridgehead atoms. The van der Waals surface area contributed by atoms with Crippen LogP contribution in [0.1, 0.15) is 0 Å². The molecule has 0 saturated carbocycles. The van der Waals surface area contributed by atoms with Crippen molar-refractivity contribution in [3.8, 4) is 0 Å². The molecule has 0 atom stereocenters. The fourth-order valence-electron chi connectivity index (χ4n) is 0.898. The zero-order valence-electron chi connectivity index (χ0n) is 8.77. The topological polar surface area (TPSA) is 42.2 Å². The van der Waals surface area contributed by atoms with Crippen molar-refractivity contribution in [1.82, 2.24) is 9.78 Å². The van der Waals surface area contributed by atoms with Crippen molar-refractivity contribution in [3.63, 3.8) is 0 Å². The van der Waals surface area contributed by atoms with Crippen molar-refractivity contribution in [2.75, 3.05) is 5.32 Å². The van der Waals surface area contributed by atoms with E-state index in [0.29, 0.717) is 5.82 Å². The minimum absolute atomic E-state index is 0.533. The number of anilines is 1. The van der Waals surface area contributed by atoms with Gasteiger partial charge in [-0.3, -0.25) is 4.68 Å². The Morgan fingerprint density at radius 3 is 2.87 bits per heavy atom. The van der Waals surface area contributed by atoms with E-state index in [1.54, 1.807) is 23.2 Å². The number of aryl methyl sites for hydroxylation is 1. The van der Waals surface area contributed by atoms with Gasteiger partial charge in [-0.25, -0.2) is 4.99 Å². The Morgan fingerprint density at radius 1 is 1.60 bits per heavy atom. The average Bonchev–Trinajstić information content (AvgIpc) is 2.60. The smallest absolute Gasteiger partial charge is 0.123 e. The molecule has 1 aromatic rings. The summed E-state index contributed by atoms with van der Waals surface area (Å²) < 4.78 is 1.70. The van der Waals surface area contributed by atoms with Crippen LogP contribution in [0, 0.1) is 0 Å². The van der Waals surface area contributed by atoms with Crippen LogP contribution in [-0.4, -0.2) is 16.0 Å².